The largest absolute Gasteiger partial charge is 0.369 e. The molecule has 126 valence electrons. The summed E-state index contributed by atoms with van der Waals surface area (Å²) in [6, 6.07) is 0. The number of nitrogens with two attached hydrogens (primary N) is 1. The van der Waals surface area contributed by atoms with Crippen LogP contribution in [0, 0.1) is 5.41 Å². The number of aromatic nitrogens is 2. The highest BCUT2D eigenvalue weighted by Gasteiger charge is 2.41. The molecule has 7 nitrogen and oxygen atoms in total. The molecule has 1 atom stereocenters. The Morgan fingerprint density at radius 3 is 2.91 bits per heavy atom. The van der Waals surface area contributed by atoms with Gasteiger partial charge < -0.3 is 11.1 Å². The van der Waals surface area contributed by atoms with Crippen molar-refractivity contribution in [1.82, 2.24) is 20.2 Å². The van der Waals surface area contributed by atoms with E-state index in [1.807, 2.05) is 4.90 Å². The van der Waals surface area contributed by atoms with Crippen LogP contribution in [0.3, 0.4) is 0 Å². The number of piperidine rings is 1. The van der Waals surface area contributed by atoms with Crippen molar-refractivity contribution >= 4 is 11.8 Å². The topological polar surface area (TPSA) is 101 Å². The third-order valence-corrected chi connectivity index (χ3v) is 4.45. The Hall–Kier alpha value is -2.02. The highest BCUT2D eigenvalue weighted by Crippen LogP contribution is 2.35. The van der Waals surface area contributed by atoms with E-state index in [2.05, 4.69) is 15.3 Å². The van der Waals surface area contributed by atoms with Gasteiger partial charge in [-0.2, -0.15) is 0 Å². The number of nitrogens with one attached hydrogen (secondary N) is 1. The van der Waals surface area contributed by atoms with Crippen LogP contribution in [0.25, 0.3) is 0 Å². The van der Waals surface area contributed by atoms with Gasteiger partial charge in [0.2, 0.25) is 11.8 Å². The van der Waals surface area contributed by atoms with Crippen molar-refractivity contribution in [2.75, 3.05) is 26.7 Å². The molecule has 1 aromatic heterocycles. The molecule has 1 aliphatic heterocycles. The summed E-state index contributed by atoms with van der Waals surface area (Å²) in [4.78, 5) is 34.0. The summed E-state index contributed by atoms with van der Waals surface area (Å²) < 4.78 is 0. The molecule has 1 fully saturated rings. The number of likely N-dealkylation sites (tertiary alicyclic amines) is 1. The number of nitrogens with zero attached hydrogens (tertiary/aromatic N) is 3. The van der Waals surface area contributed by atoms with Crippen molar-refractivity contribution in [3.8, 4) is 0 Å². The second-order valence-corrected chi connectivity index (χ2v) is 6.19. The Balaban J connectivity index is 2.00. The molecular formula is C16H25N5O2. The average molecular weight is 319 g/mol. The number of rotatable bonds is 7. The van der Waals surface area contributed by atoms with Gasteiger partial charge in [0.25, 0.3) is 0 Å². The normalized spacial score (nSPS) is 21.8. The molecule has 7 heteroatoms. The lowest BCUT2D eigenvalue weighted by atomic mass is 9.75. The SMILES string of the molecule is CNC(=O)[C@]1(CCCc2cnccn2)CCCN(CC(N)=O)C1. The van der Waals surface area contributed by atoms with E-state index in [0.29, 0.717) is 6.54 Å². The van der Waals surface area contributed by atoms with Crippen LogP contribution in [-0.4, -0.2) is 53.4 Å². The number of aryl methyl sites for hydroxylation is 1. The van der Waals surface area contributed by atoms with Gasteiger partial charge in [-0.3, -0.25) is 24.5 Å². The summed E-state index contributed by atoms with van der Waals surface area (Å²) in [5.41, 5.74) is 5.78. The predicted molar refractivity (Wildman–Crippen MR) is 86.3 cm³/mol. The van der Waals surface area contributed by atoms with Gasteiger partial charge in [-0.1, -0.05) is 0 Å². The molecule has 0 aromatic carbocycles. The maximum absolute atomic E-state index is 12.5. The van der Waals surface area contributed by atoms with Gasteiger partial charge in [-0.05, 0) is 38.6 Å². The van der Waals surface area contributed by atoms with E-state index in [1.165, 1.54) is 0 Å². The Kier molecular flexibility index (Phi) is 6.04. The lowest BCUT2D eigenvalue weighted by molar-refractivity contribution is -0.136. The molecule has 1 saturated heterocycles. The van der Waals surface area contributed by atoms with E-state index >= 15 is 0 Å². The monoisotopic (exact) mass is 319 g/mol. The molecule has 1 aliphatic rings. The van der Waals surface area contributed by atoms with Gasteiger partial charge in [-0.15, -0.1) is 0 Å². The maximum Gasteiger partial charge on any atom is 0.231 e. The fourth-order valence-corrected chi connectivity index (χ4v) is 3.42. The summed E-state index contributed by atoms with van der Waals surface area (Å²) in [6.45, 7) is 1.60. The Morgan fingerprint density at radius 2 is 2.26 bits per heavy atom. The number of hydrogen-bond donors (Lipinski definition) is 2. The van der Waals surface area contributed by atoms with Crippen molar-refractivity contribution in [3.05, 3.63) is 24.3 Å². The zero-order valence-corrected chi connectivity index (χ0v) is 13.6. The van der Waals surface area contributed by atoms with Crippen molar-refractivity contribution in [2.45, 2.75) is 32.1 Å². The minimum atomic E-state index is -0.454. The third-order valence-electron chi connectivity index (χ3n) is 4.45. The first-order chi connectivity index (χ1) is 11.1. The first-order valence-corrected chi connectivity index (χ1v) is 8.03. The van der Waals surface area contributed by atoms with Crippen molar-refractivity contribution < 1.29 is 9.59 Å². The molecule has 0 radical (unpaired) electrons. The van der Waals surface area contributed by atoms with Crippen LogP contribution in [0.15, 0.2) is 18.6 Å². The van der Waals surface area contributed by atoms with E-state index in [-0.39, 0.29) is 18.4 Å². The van der Waals surface area contributed by atoms with Gasteiger partial charge >= 0.3 is 0 Å². The lowest BCUT2D eigenvalue weighted by Crippen LogP contribution is -2.52. The summed E-state index contributed by atoms with van der Waals surface area (Å²) >= 11 is 0. The number of amides is 2. The van der Waals surface area contributed by atoms with E-state index in [0.717, 1.165) is 44.3 Å². The van der Waals surface area contributed by atoms with Crippen LogP contribution < -0.4 is 11.1 Å². The zero-order valence-electron chi connectivity index (χ0n) is 13.6. The summed E-state index contributed by atoms with van der Waals surface area (Å²) in [5.74, 6) is -0.303. The standard InChI is InChI=1S/C16H25N5O2/c1-18-15(23)16(5-2-4-13-10-19-7-8-20-13)6-3-9-21(12-16)11-14(17)22/h7-8,10H,2-6,9,11-12H2,1H3,(H2,17,22)(H,18,23)/t16-/m1/s1. The van der Waals surface area contributed by atoms with E-state index in [9.17, 15) is 9.59 Å². The van der Waals surface area contributed by atoms with Crippen LogP contribution in [0.4, 0.5) is 0 Å². The molecule has 2 heterocycles. The lowest BCUT2D eigenvalue weighted by Gasteiger charge is -2.41. The summed E-state index contributed by atoms with van der Waals surface area (Å²) in [6.07, 6.45) is 9.23. The molecule has 2 rings (SSSR count). The molecule has 1 aromatic rings. The Bertz CT molecular complexity index is 537. The highest BCUT2D eigenvalue weighted by atomic mass is 16.2. The minimum Gasteiger partial charge on any atom is -0.369 e. The first-order valence-electron chi connectivity index (χ1n) is 8.03. The van der Waals surface area contributed by atoms with Gasteiger partial charge in [-0.25, -0.2) is 0 Å². The first kappa shape index (κ1) is 17.3. The predicted octanol–water partition coefficient (Wildman–Crippen LogP) is 0.113. The fourth-order valence-electron chi connectivity index (χ4n) is 3.42. The molecule has 23 heavy (non-hydrogen) atoms. The van der Waals surface area contributed by atoms with Crippen LogP contribution in [0.1, 0.15) is 31.4 Å². The molecule has 0 bridgehead atoms. The Morgan fingerprint density at radius 1 is 1.43 bits per heavy atom. The second kappa shape index (κ2) is 8.01. The van der Waals surface area contributed by atoms with E-state index in [4.69, 9.17) is 5.73 Å². The van der Waals surface area contributed by atoms with Gasteiger partial charge in [0, 0.05) is 32.2 Å². The average Bonchev–Trinajstić information content (AvgIpc) is 2.54. The highest BCUT2D eigenvalue weighted by molar-refractivity contribution is 5.83. The van der Waals surface area contributed by atoms with Crippen molar-refractivity contribution in [3.63, 3.8) is 0 Å². The smallest absolute Gasteiger partial charge is 0.231 e. The molecular weight excluding hydrogens is 294 g/mol. The molecule has 0 saturated carbocycles. The van der Waals surface area contributed by atoms with Gasteiger partial charge in [0.15, 0.2) is 0 Å². The molecule has 3 N–H and O–H groups in total. The number of hydrogen-bond acceptors (Lipinski definition) is 5. The van der Waals surface area contributed by atoms with Crippen LogP contribution in [-0.2, 0) is 16.0 Å². The number of carbonyl (C=O) groups is 2. The maximum atomic E-state index is 12.5. The van der Waals surface area contributed by atoms with Crippen LogP contribution in [0.5, 0.6) is 0 Å². The van der Waals surface area contributed by atoms with E-state index in [1.54, 1.807) is 25.6 Å². The Labute approximate surface area is 136 Å². The minimum absolute atomic E-state index is 0.0471. The van der Waals surface area contributed by atoms with Gasteiger partial charge in [0.1, 0.15) is 0 Å². The van der Waals surface area contributed by atoms with Crippen LogP contribution >= 0.6 is 0 Å². The zero-order chi connectivity index (χ0) is 16.7. The van der Waals surface area contributed by atoms with E-state index < -0.39 is 5.41 Å². The van der Waals surface area contributed by atoms with Crippen molar-refractivity contribution in [2.24, 2.45) is 11.1 Å². The number of carbonyl (C=O) groups excluding carboxylic acids is 2. The molecule has 2 amide bonds. The van der Waals surface area contributed by atoms with Crippen LogP contribution in [0.2, 0.25) is 0 Å². The quantitative estimate of drug-likeness (QED) is 0.743. The summed E-state index contributed by atoms with van der Waals surface area (Å²) in [7, 11) is 1.67. The summed E-state index contributed by atoms with van der Waals surface area (Å²) in [5, 5.41) is 2.79. The fraction of sp³-hybridized carbons (Fsp3) is 0.625. The molecule has 0 unspecified atom stereocenters. The molecule has 0 aliphatic carbocycles. The molecule has 0 spiro atoms. The third kappa shape index (κ3) is 4.72. The number of primary amides is 1. The second-order valence-electron chi connectivity index (χ2n) is 6.19. The van der Waals surface area contributed by atoms with Crippen molar-refractivity contribution in [1.29, 1.82) is 0 Å². The van der Waals surface area contributed by atoms with Gasteiger partial charge in [0.05, 0.1) is 17.7 Å².